The van der Waals surface area contributed by atoms with Crippen LogP contribution in [0.2, 0.25) is 0 Å². The Hall–Kier alpha value is -1.36. The van der Waals surface area contributed by atoms with Gasteiger partial charge in [-0.15, -0.1) is 0 Å². The zero-order valence-electron chi connectivity index (χ0n) is 12.0. The van der Waals surface area contributed by atoms with Crippen molar-refractivity contribution in [2.75, 3.05) is 33.3 Å². The minimum absolute atomic E-state index is 0.260. The van der Waals surface area contributed by atoms with Crippen molar-refractivity contribution >= 4 is 10.9 Å². The van der Waals surface area contributed by atoms with Crippen LogP contribution >= 0.6 is 0 Å². The van der Waals surface area contributed by atoms with Gasteiger partial charge in [0.15, 0.2) is 0 Å². The normalized spacial score (nSPS) is 21.1. The minimum Gasteiger partial charge on any atom is -0.375 e. The molecule has 0 saturated carbocycles. The number of hydrogen-bond donors (Lipinski definition) is 3. The summed E-state index contributed by atoms with van der Waals surface area (Å²) < 4.78 is 6.01. The molecule has 20 heavy (non-hydrogen) atoms. The Labute approximate surface area is 119 Å². The highest BCUT2D eigenvalue weighted by atomic mass is 16.5. The zero-order chi connectivity index (χ0) is 13.8. The van der Waals surface area contributed by atoms with Crippen LogP contribution in [0.15, 0.2) is 30.5 Å². The third kappa shape index (κ3) is 2.73. The van der Waals surface area contributed by atoms with Crippen LogP contribution in [0.25, 0.3) is 10.9 Å². The third-order valence-corrected chi connectivity index (χ3v) is 4.13. The van der Waals surface area contributed by atoms with Crippen molar-refractivity contribution in [2.24, 2.45) is 0 Å². The number of fused-ring (bicyclic) bond motifs is 1. The Kier molecular flexibility index (Phi) is 4.35. The molecule has 3 rings (SSSR count). The zero-order valence-corrected chi connectivity index (χ0v) is 12.0. The first-order chi connectivity index (χ1) is 9.90. The lowest BCUT2D eigenvalue weighted by Crippen LogP contribution is -2.42. The molecule has 1 aromatic carbocycles. The number of nitrogens with one attached hydrogen (secondary N) is 3. The van der Waals surface area contributed by atoms with Crippen LogP contribution in [-0.4, -0.2) is 44.4 Å². The second-order valence-electron chi connectivity index (χ2n) is 5.40. The quantitative estimate of drug-likeness (QED) is 0.779. The monoisotopic (exact) mass is 273 g/mol. The lowest BCUT2D eigenvalue weighted by atomic mass is 9.89. The molecule has 0 aliphatic carbocycles. The number of para-hydroxylation sites is 1. The van der Waals surface area contributed by atoms with Crippen molar-refractivity contribution in [1.29, 1.82) is 0 Å². The van der Waals surface area contributed by atoms with Gasteiger partial charge in [-0.2, -0.15) is 0 Å². The lowest BCUT2D eigenvalue weighted by molar-refractivity contribution is 0.00971. The molecule has 3 N–H and O–H groups in total. The van der Waals surface area contributed by atoms with E-state index in [2.05, 4.69) is 46.1 Å². The van der Waals surface area contributed by atoms with Crippen molar-refractivity contribution in [3.63, 3.8) is 0 Å². The number of morpholine rings is 1. The van der Waals surface area contributed by atoms with Gasteiger partial charge in [-0.05, 0) is 31.6 Å². The Morgan fingerprint density at radius 1 is 1.40 bits per heavy atom. The van der Waals surface area contributed by atoms with E-state index < -0.39 is 0 Å². The van der Waals surface area contributed by atoms with Gasteiger partial charge in [0.2, 0.25) is 0 Å². The molecule has 4 nitrogen and oxygen atoms in total. The number of rotatable bonds is 5. The molecule has 1 aromatic heterocycles. The molecule has 1 aliphatic heterocycles. The van der Waals surface area contributed by atoms with E-state index in [0.29, 0.717) is 5.92 Å². The Bertz CT molecular complexity index is 545. The van der Waals surface area contributed by atoms with Gasteiger partial charge in [0.25, 0.3) is 0 Å². The standard InChI is InChI=1S/C16H23N3O/c1-17-7-6-13(16-11-18-8-9-20-16)14-10-19-15-5-3-2-4-12(14)15/h2-5,10,13,16-19H,6-9,11H2,1H3. The summed E-state index contributed by atoms with van der Waals surface area (Å²) in [6.07, 6.45) is 3.50. The Morgan fingerprint density at radius 3 is 3.10 bits per heavy atom. The van der Waals surface area contributed by atoms with Gasteiger partial charge in [-0.3, -0.25) is 0 Å². The van der Waals surface area contributed by atoms with Crippen LogP contribution in [0, 0.1) is 0 Å². The molecule has 4 heteroatoms. The summed E-state index contributed by atoms with van der Waals surface area (Å²) in [6.45, 7) is 3.71. The minimum atomic E-state index is 0.260. The molecule has 1 fully saturated rings. The molecule has 2 atom stereocenters. The number of H-pyrrole nitrogens is 1. The van der Waals surface area contributed by atoms with Crippen molar-refractivity contribution in [2.45, 2.75) is 18.4 Å². The van der Waals surface area contributed by atoms with E-state index in [-0.39, 0.29) is 6.10 Å². The largest absolute Gasteiger partial charge is 0.375 e. The van der Waals surface area contributed by atoms with Crippen LogP contribution in [0.4, 0.5) is 0 Å². The predicted octanol–water partition coefficient (Wildman–Crippen LogP) is 1.85. The summed E-state index contributed by atoms with van der Waals surface area (Å²) in [5.74, 6) is 0.423. The SMILES string of the molecule is CNCCC(c1c[nH]c2ccccc12)C1CNCCO1. The van der Waals surface area contributed by atoms with Crippen LogP contribution in [0.5, 0.6) is 0 Å². The third-order valence-electron chi connectivity index (χ3n) is 4.13. The van der Waals surface area contributed by atoms with E-state index in [4.69, 9.17) is 4.74 Å². The molecule has 2 aromatic rings. The van der Waals surface area contributed by atoms with Gasteiger partial charge in [0.1, 0.15) is 0 Å². The number of aromatic amines is 1. The first-order valence-electron chi connectivity index (χ1n) is 7.43. The molecule has 0 bridgehead atoms. The fourth-order valence-electron chi connectivity index (χ4n) is 3.09. The van der Waals surface area contributed by atoms with Crippen molar-refractivity contribution < 1.29 is 4.74 Å². The van der Waals surface area contributed by atoms with Crippen molar-refractivity contribution in [1.82, 2.24) is 15.6 Å². The van der Waals surface area contributed by atoms with E-state index in [1.54, 1.807) is 0 Å². The van der Waals surface area contributed by atoms with Gasteiger partial charge in [0.05, 0.1) is 12.7 Å². The first-order valence-corrected chi connectivity index (χ1v) is 7.43. The molecular weight excluding hydrogens is 250 g/mol. The van der Waals surface area contributed by atoms with Gasteiger partial charge in [-0.25, -0.2) is 0 Å². The van der Waals surface area contributed by atoms with Crippen LogP contribution < -0.4 is 10.6 Å². The van der Waals surface area contributed by atoms with E-state index >= 15 is 0 Å². The highest BCUT2D eigenvalue weighted by Crippen LogP contribution is 2.32. The van der Waals surface area contributed by atoms with Crippen LogP contribution in [0.3, 0.4) is 0 Å². The molecule has 108 valence electrons. The predicted molar refractivity (Wildman–Crippen MR) is 82.2 cm³/mol. The number of benzene rings is 1. The summed E-state index contributed by atoms with van der Waals surface area (Å²) in [4.78, 5) is 3.39. The highest BCUT2D eigenvalue weighted by Gasteiger charge is 2.27. The number of aromatic nitrogens is 1. The number of ether oxygens (including phenoxy) is 1. The maximum Gasteiger partial charge on any atom is 0.0769 e. The van der Waals surface area contributed by atoms with E-state index in [0.717, 1.165) is 32.7 Å². The lowest BCUT2D eigenvalue weighted by Gasteiger charge is -2.31. The smallest absolute Gasteiger partial charge is 0.0769 e. The molecule has 2 heterocycles. The summed E-state index contributed by atoms with van der Waals surface area (Å²) in [7, 11) is 2.01. The van der Waals surface area contributed by atoms with Gasteiger partial charge in [-0.1, -0.05) is 18.2 Å². The molecule has 0 radical (unpaired) electrons. The molecule has 0 spiro atoms. The van der Waals surface area contributed by atoms with E-state index in [1.807, 2.05) is 7.05 Å². The summed E-state index contributed by atoms with van der Waals surface area (Å²) in [6, 6.07) is 8.51. The molecule has 1 saturated heterocycles. The van der Waals surface area contributed by atoms with Crippen LogP contribution in [0.1, 0.15) is 17.9 Å². The fourth-order valence-corrected chi connectivity index (χ4v) is 3.09. The number of hydrogen-bond acceptors (Lipinski definition) is 3. The van der Waals surface area contributed by atoms with E-state index in [9.17, 15) is 0 Å². The molecule has 0 amide bonds. The van der Waals surface area contributed by atoms with Gasteiger partial charge in [0, 0.05) is 36.1 Å². The summed E-state index contributed by atoms with van der Waals surface area (Å²) >= 11 is 0. The fraction of sp³-hybridized carbons (Fsp3) is 0.500. The second-order valence-corrected chi connectivity index (χ2v) is 5.40. The maximum absolute atomic E-state index is 6.01. The van der Waals surface area contributed by atoms with Gasteiger partial charge >= 0.3 is 0 Å². The maximum atomic E-state index is 6.01. The molecule has 1 aliphatic rings. The average Bonchev–Trinajstić information content (AvgIpc) is 2.93. The summed E-state index contributed by atoms with van der Waals surface area (Å²) in [5.41, 5.74) is 2.59. The Morgan fingerprint density at radius 2 is 2.30 bits per heavy atom. The average molecular weight is 273 g/mol. The van der Waals surface area contributed by atoms with Crippen LogP contribution in [-0.2, 0) is 4.74 Å². The topological polar surface area (TPSA) is 49.1 Å². The first kappa shape index (κ1) is 13.6. The van der Waals surface area contributed by atoms with Crippen molar-refractivity contribution in [3.05, 3.63) is 36.0 Å². The summed E-state index contributed by atoms with van der Waals surface area (Å²) in [5, 5.41) is 8.03. The molecular formula is C16H23N3O. The van der Waals surface area contributed by atoms with Crippen molar-refractivity contribution in [3.8, 4) is 0 Å². The van der Waals surface area contributed by atoms with E-state index in [1.165, 1.54) is 16.5 Å². The second kappa shape index (κ2) is 6.39. The Balaban J connectivity index is 1.90. The van der Waals surface area contributed by atoms with Gasteiger partial charge < -0.3 is 20.4 Å². The molecule has 2 unspecified atom stereocenters. The highest BCUT2D eigenvalue weighted by molar-refractivity contribution is 5.83.